The van der Waals surface area contributed by atoms with E-state index in [0.717, 1.165) is 5.65 Å². The Morgan fingerprint density at radius 1 is 1.43 bits per heavy atom. The highest BCUT2D eigenvalue weighted by molar-refractivity contribution is 5.79. The summed E-state index contributed by atoms with van der Waals surface area (Å²) in [5, 5.41) is 19.9. The van der Waals surface area contributed by atoms with E-state index in [9.17, 15) is 15.0 Å². The number of aliphatic hydroxyl groups is 2. The molecule has 1 saturated heterocycles. The Balaban J connectivity index is 1.74. The van der Waals surface area contributed by atoms with Crippen LogP contribution in [0.4, 0.5) is 0 Å². The van der Waals surface area contributed by atoms with Gasteiger partial charge in [0.1, 0.15) is 17.9 Å². The highest BCUT2D eigenvalue weighted by Gasteiger charge is 2.36. The van der Waals surface area contributed by atoms with Gasteiger partial charge in [-0.25, -0.2) is 4.98 Å². The quantitative estimate of drug-likeness (QED) is 0.818. The second-order valence-corrected chi connectivity index (χ2v) is 5.72. The molecule has 0 aliphatic carbocycles. The number of carbonyl (C=O) groups is 1. The molecule has 7 heteroatoms. The van der Waals surface area contributed by atoms with Gasteiger partial charge in [-0.3, -0.25) is 4.79 Å². The van der Waals surface area contributed by atoms with Crippen LogP contribution >= 0.6 is 0 Å². The molecule has 1 aliphatic rings. The van der Waals surface area contributed by atoms with E-state index in [1.165, 1.54) is 0 Å². The Kier molecular flexibility index (Phi) is 4.61. The van der Waals surface area contributed by atoms with Gasteiger partial charge in [-0.1, -0.05) is 6.07 Å². The largest absolute Gasteiger partial charge is 0.388 e. The topological polar surface area (TPSA) is 87.3 Å². The van der Waals surface area contributed by atoms with E-state index in [1.807, 2.05) is 41.9 Å². The Morgan fingerprint density at radius 3 is 3.00 bits per heavy atom. The van der Waals surface area contributed by atoms with E-state index >= 15 is 0 Å². The molecular formula is C16H21N3O4. The molecule has 0 unspecified atom stereocenters. The Bertz CT molecular complexity index is 654. The van der Waals surface area contributed by atoms with E-state index in [1.54, 1.807) is 4.90 Å². The summed E-state index contributed by atoms with van der Waals surface area (Å²) in [5.41, 5.74) is 1.46. The molecule has 0 saturated carbocycles. The smallest absolute Gasteiger partial charge is 0.229 e. The molecule has 3 heterocycles. The molecule has 0 aromatic carbocycles. The van der Waals surface area contributed by atoms with Gasteiger partial charge < -0.3 is 24.3 Å². The van der Waals surface area contributed by atoms with Crippen molar-refractivity contribution in [3.63, 3.8) is 0 Å². The van der Waals surface area contributed by atoms with Crippen LogP contribution in [-0.2, 0) is 16.0 Å². The van der Waals surface area contributed by atoms with Gasteiger partial charge in [-0.2, -0.15) is 0 Å². The minimum atomic E-state index is -0.992. The third-order valence-corrected chi connectivity index (χ3v) is 4.17. The molecule has 1 fully saturated rings. The summed E-state index contributed by atoms with van der Waals surface area (Å²) in [4.78, 5) is 18.6. The maximum atomic E-state index is 12.6. The zero-order chi connectivity index (χ0) is 16.4. The fourth-order valence-corrected chi connectivity index (χ4v) is 2.96. The molecule has 2 aromatic heterocycles. The van der Waals surface area contributed by atoms with Crippen molar-refractivity contribution in [2.45, 2.75) is 31.6 Å². The summed E-state index contributed by atoms with van der Waals surface area (Å²) in [7, 11) is 0. The molecule has 0 bridgehead atoms. The average Bonchev–Trinajstić information content (AvgIpc) is 2.94. The number of ether oxygens (including phenoxy) is 1. The van der Waals surface area contributed by atoms with E-state index in [2.05, 4.69) is 4.98 Å². The van der Waals surface area contributed by atoms with E-state index < -0.39 is 18.2 Å². The number of likely N-dealkylation sites (N-methyl/N-ethyl adjacent to an activating group) is 1. The molecule has 124 valence electrons. The Hall–Kier alpha value is -1.96. The predicted octanol–water partition coefficient (Wildman–Crippen LogP) is -0.154. The molecule has 1 amide bonds. The summed E-state index contributed by atoms with van der Waals surface area (Å²) in [6, 6.07) is 5.13. The third-order valence-electron chi connectivity index (χ3n) is 4.17. The summed E-state index contributed by atoms with van der Waals surface area (Å²) >= 11 is 0. The van der Waals surface area contributed by atoms with Crippen molar-refractivity contribution in [2.24, 2.45) is 0 Å². The highest BCUT2D eigenvalue weighted by atomic mass is 16.5. The number of aromatic nitrogens is 2. The van der Waals surface area contributed by atoms with Crippen molar-refractivity contribution < 1.29 is 19.7 Å². The van der Waals surface area contributed by atoms with Crippen molar-refractivity contribution in [1.29, 1.82) is 0 Å². The lowest BCUT2D eigenvalue weighted by molar-refractivity contribution is -0.155. The number of amides is 1. The lowest BCUT2D eigenvalue weighted by atomic mass is 10.0. The first-order valence-electron chi connectivity index (χ1n) is 7.76. The first kappa shape index (κ1) is 15.9. The summed E-state index contributed by atoms with van der Waals surface area (Å²) < 4.78 is 7.13. The summed E-state index contributed by atoms with van der Waals surface area (Å²) in [6.45, 7) is 2.60. The van der Waals surface area contributed by atoms with E-state index in [0.29, 0.717) is 12.2 Å². The van der Waals surface area contributed by atoms with Crippen molar-refractivity contribution in [3.8, 4) is 0 Å². The minimum Gasteiger partial charge on any atom is -0.388 e. The predicted molar refractivity (Wildman–Crippen MR) is 82.9 cm³/mol. The number of imidazole rings is 1. The minimum absolute atomic E-state index is 0.0931. The lowest BCUT2D eigenvalue weighted by Gasteiger charge is -2.39. The van der Waals surface area contributed by atoms with Crippen LogP contribution in [0.3, 0.4) is 0 Å². The van der Waals surface area contributed by atoms with Crippen LogP contribution in [-0.4, -0.2) is 68.4 Å². The van der Waals surface area contributed by atoms with Crippen LogP contribution in [0.2, 0.25) is 0 Å². The van der Waals surface area contributed by atoms with Gasteiger partial charge in [0.05, 0.1) is 31.4 Å². The third kappa shape index (κ3) is 3.21. The monoisotopic (exact) mass is 319 g/mol. The Morgan fingerprint density at radius 2 is 2.26 bits per heavy atom. The number of hydrogen-bond donors (Lipinski definition) is 2. The van der Waals surface area contributed by atoms with Crippen LogP contribution in [0.5, 0.6) is 0 Å². The second kappa shape index (κ2) is 6.66. The van der Waals surface area contributed by atoms with Crippen LogP contribution in [0.15, 0.2) is 30.6 Å². The van der Waals surface area contributed by atoms with Gasteiger partial charge in [0, 0.05) is 18.9 Å². The van der Waals surface area contributed by atoms with Crippen LogP contribution in [0, 0.1) is 0 Å². The maximum Gasteiger partial charge on any atom is 0.229 e. The van der Waals surface area contributed by atoms with E-state index in [-0.39, 0.29) is 25.5 Å². The van der Waals surface area contributed by atoms with Crippen molar-refractivity contribution >= 4 is 11.6 Å². The van der Waals surface area contributed by atoms with Crippen molar-refractivity contribution in [1.82, 2.24) is 14.3 Å². The molecule has 0 radical (unpaired) electrons. The van der Waals surface area contributed by atoms with Crippen LogP contribution < -0.4 is 0 Å². The number of hydrogen-bond acceptors (Lipinski definition) is 5. The molecule has 1 aliphatic heterocycles. The van der Waals surface area contributed by atoms with Gasteiger partial charge in [-0.05, 0) is 19.1 Å². The van der Waals surface area contributed by atoms with Gasteiger partial charge in [-0.15, -0.1) is 0 Å². The van der Waals surface area contributed by atoms with Crippen LogP contribution in [0.1, 0.15) is 12.6 Å². The first-order valence-corrected chi connectivity index (χ1v) is 7.76. The average molecular weight is 319 g/mol. The molecule has 0 spiro atoms. The molecule has 3 rings (SSSR count). The number of rotatable bonds is 4. The maximum absolute atomic E-state index is 12.6. The SMILES string of the molecule is CCN(C(=O)Cc1cn2ccccc2n1)[C@@H]1COC[C@@H](O)[C@H]1O. The molecule has 7 nitrogen and oxygen atoms in total. The second-order valence-electron chi connectivity index (χ2n) is 5.72. The summed E-state index contributed by atoms with van der Waals surface area (Å²) in [6.07, 6.45) is 1.89. The molecular weight excluding hydrogens is 298 g/mol. The van der Waals surface area contributed by atoms with Gasteiger partial charge in [0.2, 0.25) is 5.91 Å². The number of carbonyl (C=O) groups excluding carboxylic acids is 1. The zero-order valence-electron chi connectivity index (χ0n) is 13.0. The standard InChI is InChI=1S/C16H21N3O4/c1-2-19(12-9-23-10-13(20)16(12)22)15(21)7-11-8-18-6-4-3-5-14(18)17-11/h3-6,8,12-13,16,20,22H,2,7,9-10H2,1H3/t12-,13-,16+/m1/s1. The van der Waals surface area contributed by atoms with Crippen molar-refractivity contribution in [2.75, 3.05) is 19.8 Å². The lowest BCUT2D eigenvalue weighted by Crippen LogP contribution is -2.57. The fourth-order valence-electron chi connectivity index (χ4n) is 2.96. The number of aliphatic hydroxyl groups excluding tert-OH is 2. The van der Waals surface area contributed by atoms with Gasteiger partial charge >= 0.3 is 0 Å². The van der Waals surface area contributed by atoms with E-state index in [4.69, 9.17) is 4.74 Å². The molecule has 2 aromatic rings. The molecule has 2 N–H and O–H groups in total. The normalized spacial score (nSPS) is 24.7. The fraction of sp³-hybridized carbons (Fsp3) is 0.500. The number of fused-ring (bicyclic) bond motifs is 1. The highest BCUT2D eigenvalue weighted by Crippen LogP contribution is 2.16. The summed E-state index contributed by atoms with van der Waals surface area (Å²) in [5.74, 6) is -0.141. The number of pyridine rings is 1. The van der Waals surface area contributed by atoms with Crippen molar-refractivity contribution in [3.05, 3.63) is 36.3 Å². The molecule has 3 atom stereocenters. The molecule has 23 heavy (non-hydrogen) atoms. The van der Waals surface area contributed by atoms with Gasteiger partial charge in [0.25, 0.3) is 0 Å². The Labute approximate surface area is 134 Å². The van der Waals surface area contributed by atoms with Crippen LogP contribution in [0.25, 0.3) is 5.65 Å². The number of nitrogens with zero attached hydrogens (tertiary/aromatic N) is 3. The zero-order valence-corrected chi connectivity index (χ0v) is 13.0. The first-order chi connectivity index (χ1) is 11.1. The van der Waals surface area contributed by atoms with Gasteiger partial charge in [0.15, 0.2) is 0 Å².